The van der Waals surface area contributed by atoms with Crippen molar-refractivity contribution in [2.24, 2.45) is 0 Å². The van der Waals surface area contributed by atoms with E-state index in [4.69, 9.17) is 0 Å². The number of alkyl halides is 1. The summed E-state index contributed by atoms with van der Waals surface area (Å²) < 4.78 is 25.5. The average molecular weight is 282 g/mol. The standard InChI is InChI=1S/C7H12BrN3O2S/c1-6(8)2-3-11-14(12,13)7-4-9-10-5-7/h4-6,11H,2-3H2,1H3,(H,9,10). The molecule has 0 radical (unpaired) electrons. The summed E-state index contributed by atoms with van der Waals surface area (Å²) in [5.41, 5.74) is 0. The summed E-state index contributed by atoms with van der Waals surface area (Å²) in [4.78, 5) is 0.467. The van der Waals surface area contributed by atoms with Crippen molar-refractivity contribution < 1.29 is 8.42 Å². The maximum absolute atomic E-state index is 11.5. The molecule has 0 saturated heterocycles. The highest BCUT2D eigenvalue weighted by molar-refractivity contribution is 9.09. The molecular weight excluding hydrogens is 270 g/mol. The van der Waals surface area contributed by atoms with Crippen LogP contribution in [0, 0.1) is 0 Å². The van der Waals surface area contributed by atoms with Gasteiger partial charge in [0.25, 0.3) is 0 Å². The smallest absolute Gasteiger partial charge is 0.243 e. The van der Waals surface area contributed by atoms with Crippen molar-refractivity contribution in [3.63, 3.8) is 0 Å². The largest absolute Gasteiger partial charge is 0.284 e. The van der Waals surface area contributed by atoms with Crippen LogP contribution in [0.2, 0.25) is 0 Å². The zero-order valence-electron chi connectivity index (χ0n) is 7.70. The summed E-state index contributed by atoms with van der Waals surface area (Å²) in [6.07, 6.45) is 3.37. The van der Waals surface area contributed by atoms with E-state index in [2.05, 4.69) is 30.8 Å². The molecule has 1 rings (SSSR count). The first-order chi connectivity index (χ1) is 6.52. The molecule has 0 bridgehead atoms. The van der Waals surface area contributed by atoms with Gasteiger partial charge in [-0.25, -0.2) is 13.1 Å². The lowest BCUT2D eigenvalue weighted by Gasteiger charge is -2.05. The second-order valence-corrected chi connectivity index (χ2v) is 6.23. The van der Waals surface area contributed by atoms with Crippen LogP contribution in [0.5, 0.6) is 0 Å². The fourth-order valence-corrected chi connectivity index (χ4v) is 2.04. The van der Waals surface area contributed by atoms with E-state index >= 15 is 0 Å². The van der Waals surface area contributed by atoms with E-state index in [1.807, 2.05) is 6.92 Å². The molecule has 0 aliphatic rings. The molecule has 5 nitrogen and oxygen atoms in total. The van der Waals surface area contributed by atoms with E-state index in [1.165, 1.54) is 12.4 Å². The van der Waals surface area contributed by atoms with Gasteiger partial charge < -0.3 is 0 Å². The molecule has 0 spiro atoms. The first-order valence-corrected chi connectivity index (χ1v) is 6.55. The fraction of sp³-hybridized carbons (Fsp3) is 0.571. The Labute approximate surface area is 91.5 Å². The molecule has 0 saturated carbocycles. The van der Waals surface area contributed by atoms with Crippen molar-refractivity contribution in [1.29, 1.82) is 0 Å². The van der Waals surface area contributed by atoms with Gasteiger partial charge in [-0.05, 0) is 6.42 Å². The first kappa shape index (κ1) is 11.7. The predicted octanol–water partition coefficient (Wildman–Crippen LogP) is 0.861. The zero-order valence-corrected chi connectivity index (χ0v) is 10.1. The number of aromatic amines is 1. The molecule has 2 N–H and O–H groups in total. The second-order valence-electron chi connectivity index (χ2n) is 2.90. The van der Waals surface area contributed by atoms with Crippen LogP contribution in [0.3, 0.4) is 0 Å². The number of nitrogens with one attached hydrogen (secondary N) is 2. The highest BCUT2D eigenvalue weighted by atomic mass is 79.9. The van der Waals surface area contributed by atoms with Crippen LogP contribution in [0.1, 0.15) is 13.3 Å². The Morgan fingerprint density at radius 3 is 2.93 bits per heavy atom. The summed E-state index contributed by atoms with van der Waals surface area (Å²) in [6, 6.07) is 0. The van der Waals surface area contributed by atoms with Crippen molar-refractivity contribution in [1.82, 2.24) is 14.9 Å². The Hall–Kier alpha value is -0.400. The van der Waals surface area contributed by atoms with Gasteiger partial charge in [0.1, 0.15) is 4.90 Å². The van der Waals surface area contributed by atoms with Crippen molar-refractivity contribution in [2.45, 2.75) is 23.1 Å². The Morgan fingerprint density at radius 2 is 2.43 bits per heavy atom. The molecule has 80 valence electrons. The molecule has 0 aliphatic heterocycles. The zero-order chi connectivity index (χ0) is 10.6. The highest BCUT2D eigenvalue weighted by Gasteiger charge is 2.14. The van der Waals surface area contributed by atoms with Crippen molar-refractivity contribution in [2.75, 3.05) is 6.54 Å². The van der Waals surface area contributed by atoms with E-state index < -0.39 is 10.0 Å². The van der Waals surface area contributed by atoms with Crippen LogP contribution in [0.4, 0.5) is 0 Å². The third kappa shape index (κ3) is 3.39. The lowest BCUT2D eigenvalue weighted by Crippen LogP contribution is -2.25. The summed E-state index contributed by atoms with van der Waals surface area (Å²) in [6.45, 7) is 2.38. The van der Waals surface area contributed by atoms with Crippen molar-refractivity contribution in [3.8, 4) is 0 Å². The molecule has 7 heteroatoms. The van der Waals surface area contributed by atoms with E-state index in [0.717, 1.165) is 6.42 Å². The molecule has 1 heterocycles. The molecule has 0 fully saturated rings. The number of halogens is 1. The number of aromatic nitrogens is 2. The molecular formula is C7H12BrN3O2S. The lowest BCUT2D eigenvalue weighted by molar-refractivity contribution is 0.579. The molecule has 14 heavy (non-hydrogen) atoms. The third-order valence-corrected chi connectivity index (χ3v) is 3.50. The van der Waals surface area contributed by atoms with E-state index in [9.17, 15) is 8.42 Å². The first-order valence-electron chi connectivity index (χ1n) is 4.15. The predicted molar refractivity (Wildman–Crippen MR) is 56.8 cm³/mol. The monoisotopic (exact) mass is 281 g/mol. The van der Waals surface area contributed by atoms with Gasteiger partial charge in [-0.2, -0.15) is 5.10 Å². The maximum atomic E-state index is 11.5. The SMILES string of the molecule is CC(Br)CCNS(=O)(=O)c1cn[nH]c1. The number of nitrogens with zero attached hydrogens (tertiary/aromatic N) is 1. The molecule has 0 aromatic carbocycles. The minimum Gasteiger partial charge on any atom is -0.284 e. The van der Waals surface area contributed by atoms with Gasteiger partial charge in [0.2, 0.25) is 10.0 Å². The summed E-state index contributed by atoms with van der Waals surface area (Å²) in [5.74, 6) is 0. The van der Waals surface area contributed by atoms with Crippen LogP contribution >= 0.6 is 15.9 Å². The Bertz CT molecular complexity index is 360. The molecule has 0 amide bonds. The van der Waals surface area contributed by atoms with Crippen LogP contribution in [0.15, 0.2) is 17.3 Å². The Morgan fingerprint density at radius 1 is 1.71 bits per heavy atom. The summed E-state index contributed by atoms with van der Waals surface area (Å²) in [5, 5.41) is 6.03. The summed E-state index contributed by atoms with van der Waals surface area (Å²) in [7, 11) is -3.38. The number of H-pyrrole nitrogens is 1. The van der Waals surface area contributed by atoms with Gasteiger partial charge in [-0.1, -0.05) is 22.9 Å². The van der Waals surface area contributed by atoms with Gasteiger partial charge in [0.05, 0.1) is 6.20 Å². The van der Waals surface area contributed by atoms with Crippen LogP contribution < -0.4 is 4.72 Å². The van der Waals surface area contributed by atoms with Crippen molar-refractivity contribution >= 4 is 26.0 Å². The molecule has 1 aromatic rings. The van der Waals surface area contributed by atoms with Crippen LogP contribution in [-0.2, 0) is 10.0 Å². The number of hydrogen-bond donors (Lipinski definition) is 2. The lowest BCUT2D eigenvalue weighted by atomic mass is 10.3. The Balaban J connectivity index is 2.52. The molecule has 1 atom stereocenters. The number of rotatable bonds is 5. The fourth-order valence-electron chi connectivity index (χ4n) is 0.862. The van der Waals surface area contributed by atoms with Gasteiger partial charge in [-0.3, -0.25) is 5.10 Å². The second kappa shape index (κ2) is 4.90. The topological polar surface area (TPSA) is 74.8 Å². The van der Waals surface area contributed by atoms with E-state index in [0.29, 0.717) is 11.4 Å². The van der Waals surface area contributed by atoms with Gasteiger partial charge in [0.15, 0.2) is 0 Å². The minimum absolute atomic E-state index is 0.166. The molecule has 1 aromatic heterocycles. The normalized spacial score (nSPS) is 14.1. The number of hydrogen-bond acceptors (Lipinski definition) is 3. The minimum atomic E-state index is -3.38. The maximum Gasteiger partial charge on any atom is 0.243 e. The number of sulfonamides is 1. The van der Waals surface area contributed by atoms with E-state index in [1.54, 1.807) is 0 Å². The third-order valence-electron chi connectivity index (χ3n) is 1.62. The average Bonchev–Trinajstić information content (AvgIpc) is 2.54. The highest BCUT2D eigenvalue weighted by Crippen LogP contribution is 2.06. The summed E-state index contributed by atoms with van der Waals surface area (Å²) >= 11 is 3.34. The molecule has 1 unspecified atom stereocenters. The Kier molecular flexibility index (Phi) is 4.09. The van der Waals surface area contributed by atoms with Gasteiger partial charge in [0, 0.05) is 17.6 Å². The van der Waals surface area contributed by atoms with E-state index in [-0.39, 0.29) is 4.90 Å². The van der Waals surface area contributed by atoms with Crippen molar-refractivity contribution in [3.05, 3.63) is 12.4 Å². The van der Waals surface area contributed by atoms with Gasteiger partial charge >= 0.3 is 0 Å². The van der Waals surface area contributed by atoms with Gasteiger partial charge in [-0.15, -0.1) is 0 Å². The van der Waals surface area contributed by atoms with Crippen LogP contribution in [0.25, 0.3) is 0 Å². The molecule has 0 aliphatic carbocycles. The quantitative estimate of drug-likeness (QED) is 0.787. The van der Waals surface area contributed by atoms with Crippen LogP contribution in [-0.4, -0.2) is 30.0 Å².